The SMILES string of the molecule is CC(=O)[C@@H]1C(=O)C[C@](C)(O)[C@@H](C(C)=O)[C@@H]1c1ccc(C(C)C)cc1. The Morgan fingerprint density at radius 3 is 2.08 bits per heavy atom. The summed E-state index contributed by atoms with van der Waals surface area (Å²) in [6.07, 6.45) is -0.165. The summed E-state index contributed by atoms with van der Waals surface area (Å²) in [7, 11) is 0. The number of ketones is 3. The number of benzene rings is 1. The van der Waals surface area contributed by atoms with E-state index in [1.165, 1.54) is 20.8 Å². The van der Waals surface area contributed by atoms with Crippen molar-refractivity contribution in [2.24, 2.45) is 11.8 Å². The van der Waals surface area contributed by atoms with E-state index in [1.807, 2.05) is 24.3 Å². The smallest absolute Gasteiger partial charge is 0.146 e. The molecule has 1 aromatic carbocycles. The summed E-state index contributed by atoms with van der Waals surface area (Å²) in [5.74, 6) is -2.63. The highest BCUT2D eigenvalue weighted by Gasteiger charge is 2.53. The topological polar surface area (TPSA) is 71.4 Å². The zero-order valence-corrected chi connectivity index (χ0v) is 15.0. The first-order valence-electron chi connectivity index (χ1n) is 8.42. The molecule has 0 aromatic heterocycles. The average molecular weight is 330 g/mol. The van der Waals surface area contributed by atoms with Gasteiger partial charge in [-0.15, -0.1) is 0 Å². The Labute approximate surface area is 143 Å². The molecule has 0 bridgehead atoms. The zero-order chi connectivity index (χ0) is 18.2. The molecule has 130 valence electrons. The van der Waals surface area contributed by atoms with Crippen LogP contribution < -0.4 is 0 Å². The lowest BCUT2D eigenvalue weighted by Gasteiger charge is -2.44. The molecule has 0 amide bonds. The molecule has 1 aliphatic rings. The summed E-state index contributed by atoms with van der Waals surface area (Å²) in [5.41, 5.74) is 0.468. The average Bonchev–Trinajstić information content (AvgIpc) is 2.44. The van der Waals surface area contributed by atoms with Crippen molar-refractivity contribution < 1.29 is 19.5 Å². The second-order valence-corrected chi connectivity index (χ2v) is 7.52. The summed E-state index contributed by atoms with van der Waals surface area (Å²) in [4.78, 5) is 36.9. The van der Waals surface area contributed by atoms with Crippen LogP contribution in [0.1, 0.15) is 64.0 Å². The van der Waals surface area contributed by atoms with Gasteiger partial charge in [-0.2, -0.15) is 0 Å². The van der Waals surface area contributed by atoms with Crippen molar-refractivity contribution in [2.75, 3.05) is 0 Å². The van der Waals surface area contributed by atoms with Crippen molar-refractivity contribution in [1.29, 1.82) is 0 Å². The van der Waals surface area contributed by atoms with Crippen LogP contribution >= 0.6 is 0 Å². The Morgan fingerprint density at radius 2 is 1.67 bits per heavy atom. The molecule has 0 spiro atoms. The Balaban J connectivity index is 2.58. The van der Waals surface area contributed by atoms with Crippen LogP contribution in [0.4, 0.5) is 0 Å². The molecule has 4 atom stereocenters. The molecule has 2 rings (SSSR count). The van der Waals surface area contributed by atoms with Gasteiger partial charge < -0.3 is 5.11 Å². The van der Waals surface area contributed by atoms with E-state index in [1.54, 1.807) is 0 Å². The highest BCUT2D eigenvalue weighted by atomic mass is 16.3. The lowest BCUT2D eigenvalue weighted by atomic mass is 9.60. The van der Waals surface area contributed by atoms with Gasteiger partial charge in [0, 0.05) is 12.3 Å². The Morgan fingerprint density at radius 1 is 1.12 bits per heavy atom. The maximum absolute atomic E-state index is 12.5. The predicted molar refractivity (Wildman–Crippen MR) is 91.9 cm³/mol. The number of hydrogen-bond donors (Lipinski definition) is 1. The largest absolute Gasteiger partial charge is 0.389 e. The number of carbonyl (C=O) groups is 3. The fourth-order valence-corrected chi connectivity index (χ4v) is 4.01. The van der Waals surface area contributed by atoms with Gasteiger partial charge in [0.1, 0.15) is 17.3 Å². The van der Waals surface area contributed by atoms with E-state index in [0.717, 1.165) is 11.1 Å². The van der Waals surface area contributed by atoms with E-state index in [2.05, 4.69) is 13.8 Å². The molecule has 1 fully saturated rings. The number of carbonyl (C=O) groups excluding carboxylic acids is 3. The van der Waals surface area contributed by atoms with Gasteiger partial charge in [0.2, 0.25) is 0 Å². The van der Waals surface area contributed by atoms with Gasteiger partial charge in [-0.3, -0.25) is 14.4 Å². The predicted octanol–water partition coefficient (Wildman–Crippen LogP) is 3.03. The van der Waals surface area contributed by atoms with Crippen LogP contribution in [0.25, 0.3) is 0 Å². The standard InChI is InChI=1S/C20H26O4/c1-11(2)14-6-8-15(9-7-14)18-17(12(3)21)16(23)10-20(5,24)19(18)13(4)22/h6-9,11,17-19,24H,10H2,1-5H3/t17-,18-,19+,20+/m1/s1. The summed E-state index contributed by atoms with van der Waals surface area (Å²) >= 11 is 0. The van der Waals surface area contributed by atoms with Crippen LogP contribution in [-0.4, -0.2) is 28.1 Å². The number of hydrogen-bond acceptors (Lipinski definition) is 4. The van der Waals surface area contributed by atoms with Crippen molar-refractivity contribution in [3.8, 4) is 0 Å². The molecular weight excluding hydrogens is 304 g/mol. The molecule has 0 saturated heterocycles. The van der Waals surface area contributed by atoms with Gasteiger partial charge in [0.05, 0.1) is 17.4 Å². The lowest BCUT2D eigenvalue weighted by molar-refractivity contribution is -0.151. The minimum Gasteiger partial charge on any atom is -0.389 e. The van der Waals surface area contributed by atoms with Crippen molar-refractivity contribution in [3.63, 3.8) is 0 Å². The van der Waals surface area contributed by atoms with Crippen LogP contribution in [-0.2, 0) is 14.4 Å². The quantitative estimate of drug-likeness (QED) is 0.861. The van der Waals surface area contributed by atoms with Crippen LogP contribution in [0, 0.1) is 11.8 Å². The fraction of sp³-hybridized carbons (Fsp3) is 0.550. The van der Waals surface area contributed by atoms with Gasteiger partial charge in [0.25, 0.3) is 0 Å². The zero-order valence-electron chi connectivity index (χ0n) is 15.0. The van der Waals surface area contributed by atoms with E-state index >= 15 is 0 Å². The molecule has 1 saturated carbocycles. The van der Waals surface area contributed by atoms with Gasteiger partial charge in [-0.1, -0.05) is 38.1 Å². The molecular formula is C20H26O4. The Hall–Kier alpha value is -1.81. The molecule has 1 aliphatic carbocycles. The molecule has 4 heteroatoms. The van der Waals surface area contributed by atoms with Gasteiger partial charge in [-0.05, 0) is 37.8 Å². The van der Waals surface area contributed by atoms with Crippen molar-refractivity contribution in [1.82, 2.24) is 0 Å². The van der Waals surface area contributed by atoms with Gasteiger partial charge in [0.15, 0.2) is 0 Å². The van der Waals surface area contributed by atoms with Crippen LogP contribution in [0.2, 0.25) is 0 Å². The van der Waals surface area contributed by atoms with Gasteiger partial charge >= 0.3 is 0 Å². The molecule has 24 heavy (non-hydrogen) atoms. The monoisotopic (exact) mass is 330 g/mol. The number of Topliss-reactive ketones (excluding diaryl/α,β-unsaturated/α-hetero) is 3. The maximum Gasteiger partial charge on any atom is 0.146 e. The molecule has 0 radical (unpaired) electrons. The Bertz CT molecular complexity index is 655. The first kappa shape index (κ1) is 18.5. The molecule has 4 nitrogen and oxygen atoms in total. The van der Waals surface area contributed by atoms with Crippen LogP contribution in [0.3, 0.4) is 0 Å². The van der Waals surface area contributed by atoms with Crippen molar-refractivity contribution in [2.45, 2.75) is 58.5 Å². The normalized spacial score (nSPS) is 30.5. The second-order valence-electron chi connectivity index (χ2n) is 7.52. The lowest BCUT2D eigenvalue weighted by Crippen LogP contribution is -2.53. The number of aliphatic hydroxyl groups is 1. The molecule has 1 N–H and O–H groups in total. The third-order valence-electron chi connectivity index (χ3n) is 5.13. The van der Waals surface area contributed by atoms with Crippen molar-refractivity contribution >= 4 is 17.3 Å². The summed E-state index contributed by atoms with van der Waals surface area (Å²) in [5, 5.41) is 10.7. The van der Waals surface area contributed by atoms with E-state index in [4.69, 9.17) is 0 Å². The molecule has 1 aromatic rings. The maximum atomic E-state index is 12.5. The summed E-state index contributed by atoms with van der Waals surface area (Å²) in [6, 6.07) is 7.67. The minimum atomic E-state index is -1.43. The van der Waals surface area contributed by atoms with E-state index < -0.39 is 23.4 Å². The summed E-state index contributed by atoms with van der Waals surface area (Å²) in [6.45, 7) is 8.49. The summed E-state index contributed by atoms with van der Waals surface area (Å²) < 4.78 is 0. The van der Waals surface area contributed by atoms with E-state index in [9.17, 15) is 19.5 Å². The van der Waals surface area contributed by atoms with Crippen LogP contribution in [0.5, 0.6) is 0 Å². The third-order valence-corrected chi connectivity index (χ3v) is 5.13. The third kappa shape index (κ3) is 3.34. The molecule has 0 unspecified atom stereocenters. The van der Waals surface area contributed by atoms with Crippen molar-refractivity contribution in [3.05, 3.63) is 35.4 Å². The molecule has 0 aliphatic heterocycles. The van der Waals surface area contributed by atoms with Crippen LogP contribution in [0.15, 0.2) is 24.3 Å². The highest BCUT2D eigenvalue weighted by Crippen LogP contribution is 2.46. The highest BCUT2D eigenvalue weighted by molar-refractivity contribution is 6.05. The van der Waals surface area contributed by atoms with E-state index in [-0.39, 0.29) is 23.8 Å². The minimum absolute atomic E-state index is 0.165. The van der Waals surface area contributed by atoms with Gasteiger partial charge in [-0.25, -0.2) is 0 Å². The molecule has 0 heterocycles. The number of rotatable bonds is 4. The second kappa shape index (κ2) is 6.60. The first-order chi connectivity index (χ1) is 11.1. The van der Waals surface area contributed by atoms with E-state index in [0.29, 0.717) is 5.92 Å². The first-order valence-corrected chi connectivity index (χ1v) is 8.42. The fourth-order valence-electron chi connectivity index (χ4n) is 4.01. The Kier molecular flexibility index (Phi) is 5.09.